The Morgan fingerprint density at radius 2 is 2.00 bits per heavy atom. The fourth-order valence-electron chi connectivity index (χ4n) is 3.24. The number of hydrogen-bond acceptors (Lipinski definition) is 2. The van der Waals surface area contributed by atoms with E-state index in [1.165, 1.54) is 5.56 Å². The van der Waals surface area contributed by atoms with Crippen molar-refractivity contribution in [2.45, 2.75) is 25.9 Å². The largest absolute Gasteiger partial charge is 0.393 e. The highest BCUT2D eigenvalue weighted by Gasteiger charge is 2.43. The predicted molar refractivity (Wildman–Crippen MR) is 74.0 cm³/mol. The quantitative estimate of drug-likeness (QED) is 0.813. The fraction of sp³-hybridized carbons (Fsp3) is 0.533. The van der Waals surface area contributed by atoms with Gasteiger partial charge >= 0.3 is 6.03 Å². The van der Waals surface area contributed by atoms with Crippen LogP contribution < -0.4 is 5.32 Å². The van der Waals surface area contributed by atoms with E-state index in [4.69, 9.17) is 0 Å². The van der Waals surface area contributed by atoms with Gasteiger partial charge in [0.15, 0.2) is 0 Å². The summed E-state index contributed by atoms with van der Waals surface area (Å²) in [6, 6.07) is 7.75. The number of nitrogens with one attached hydrogen (secondary N) is 1. The molecule has 1 aromatic carbocycles. The number of amides is 2. The Morgan fingerprint density at radius 3 is 2.68 bits per heavy atom. The third-order valence-corrected chi connectivity index (χ3v) is 4.41. The van der Waals surface area contributed by atoms with E-state index in [0.717, 1.165) is 25.1 Å². The van der Waals surface area contributed by atoms with Crippen LogP contribution in [0, 0.1) is 18.8 Å². The number of carbonyl (C=O) groups is 1. The molecule has 1 aliphatic carbocycles. The Balaban J connectivity index is 1.61. The zero-order chi connectivity index (χ0) is 13.4. The van der Waals surface area contributed by atoms with Crippen LogP contribution in [0.1, 0.15) is 18.4 Å². The smallest absolute Gasteiger partial charge is 0.321 e. The Morgan fingerprint density at radius 1 is 1.26 bits per heavy atom. The van der Waals surface area contributed by atoms with Gasteiger partial charge in [0.2, 0.25) is 0 Å². The van der Waals surface area contributed by atoms with Crippen molar-refractivity contribution in [3.8, 4) is 0 Å². The van der Waals surface area contributed by atoms with E-state index < -0.39 is 0 Å². The molecule has 102 valence electrons. The summed E-state index contributed by atoms with van der Waals surface area (Å²) >= 11 is 0. The maximum absolute atomic E-state index is 12.2. The van der Waals surface area contributed by atoms with Crippen LogP contribution in [0.5, 0.6) is 0 Å². The van der Waals surface area contributed by atoms with E-state index in [1.807, 2.05) is 36.1 Å². The van der Waals surface area contributed by atoms with Gasteiger partial charge in [0.1, 0.15) is 0 Å². The topological polar surface area (TPSA) is 52.6 Å². The van der Waals surface area contributed by atoms with Gasteiger partial charge in [-0.25, -0.2) is 4.79 Å². The van der Waals surface area contributed by atoms with Gasteiger partial charge in [-0.15, -0.1) is 0 Å². The Labute approximate surface area is 113 Å². The molecule has 3 rings (SSSR count). The van der Waals surface area contributed by atoms with Crippen LogP contribution in [0.3, 0.4) is 0 Å². The number of rotatable bonds is 1. The second-order valence-corrected chi connectivity index (χ2v) is 5.77. The molecule has 2 fully saturated rings. The molecule has 1 aliphatic heterocycles. The normalized spacial score (nSPS) is 29.4. The van der Waals surface area contributed by atoms with Crippen molar-refractivity contribution in [1.82, 2.24) is 4.90 Å². The Hall–Kier alpha value is -1.55. The highest BCUT2D eigenvalue weighted by molar-refractivity contribution is 5.89. The summed E-state index contributed by atoms with van der Waals surface area (Å²) in [6.07, 6.45) is 1.71. The number of aliphatic hydroxyl groups is 1. The number of carbonyl (C=O) groups excluding carboxylic acids is 1. The zero-order valence-corrected chi connectivity index (χ0v) is 11.2. The zero-order valence-electron chi connectivity index (χ0n) is 11.2. The van der Waals surface area contributed by atoms with Gasteiger partial charge in [-0.05, 0) is 37.8 Å². The fourth-order valence-corrected chi connectivity index (χ4v) is 3.24. The van der Waals surface area contributed by atoms with E-state index in [1.54, 1.807) is 0 Å². The van der Waals surface area contributed by atoms with Crippen molar-refractivity contribution in [2.24, 2.45) is 11.8 Å². The number of nitrogens with zero attached hydrogens (tertiary/aromatic N) is 1. The Kier molecular flexibility index (Phi) is 3.19. The first-order valence-electron chi connectivity index (χ1n) is 6.94. The van der Waals surface area contributed by atoms with E-state index in [2.05, 4.69) is 5.32 Å². The second kappa shape index (κ2) is 4.85. The molecule has 4 nitrogen and oxygen atoms in total. The maximum Gasteiger partial charge on any atom is 0.321 e. The molecule has 1 saturated heterocycles. The summed E-state index contributed by atoms with van der Waals surface area (Å²) < 4.78 is 0. The molecule has 2 amide bonds. The van der Waals surface area contributed by atoms with Crippen molar-refractivity contribution < 1.29 is 9.90 Å². The lowest BCUT2D eigenvalue weighted by Crippen LogP contribution is -2.34. The SMILES string of the molecule is Cc1ccc(NC(=O)N2CC3CCC(O)C3C2)cc1. The monoisotopic (exact) mass is 260 g/mol. The number of aliphatic hydroxyl groups excluding tert-OH is 1. The number of benzene rings is 1. The highest BCUT2D eigenvalue weighted by Crippen LogP contribution is 2.38. The van der Waals surface area contributed by atoms with Gasteiger partial charge in [-0.1, -0.05) is 17.7 Å². The highest BCUT2D eigenvalue weighted by atomic mass is 16.3. The summed E-state index contributed by atoms with van der Waals surface area (Å²) in [5.41, 5.74) is 2.00. The second-order valence-electron chi connectivity index (χ2n) is 5.77. The third kappa shape index (κ3) is 2.45. The van der Waals surface area contributed by atoms with Crippen molar-refractivity contribution in [1.29, 1.82) is 0 Å². The molecule has 0 spiro atoms. The van der Waals surface area contributed by atoms with Crippen molar-refractivity contribution in [3.63, 3.8) is 0 Å². The lowest BCUT2D eigenvalue weighted by molar-refractivity contribution is 0.127. The molecule has 2 N–H and O–H groups in total. The lowest BCUT2D eigenvalue weighted by atomic mass is 10.00. The minimum atomic E-state index is -0.220. The first-order valence-corrected chi connectivity index (χ1v) is 6.94. The van der Waals surface area contributed by atoms with Crippen molar-refractivity contribution in [3.05, 3.63) is 29.8 Å². The van der Waals surface area contributed by atoms with Crippen LogP contribution in [0.2, 0.25) is 0 Å². The molecule has 1 heterocycles. The lowest BCUT2D eigenvalue weighted by Gasteiger charge is -2.19. The van der Waals surface area contributed by atoms with Crippen LogP contribution in [0.25, 0.3) is 0 Å². The molecule has 3 atom stereocenters. The summed E-state index contributed by atoms with van der Waals surface area (Å²) in [5.74, 6) is 0.766. The van der Waals surface area contributed by atoms with Gasteiger partial charge in [0.05, 0.1) is 6.10 Å². The van der Waals surface area contributed by atoms with E-state index in [9.17, 15) is 9.90 Å². The average molecular weight is 260 g/mol. The van der Waals surface area contributed by atoms with Gasteiger partial charge in [-0.2, -0.15) is 0 Å². The summed E-state index contributed by atoms with van der Waals surface area (Å²) in [6.45, 7) is 3.48. The minimum absolute atomic E-state index is 0.0505. The summed E-state index contributed by atoms with van der Waals surface area (Å²) in [4.78, 5) is 14.0. The third-order valence-electron chi connectivity index (χ3n) is 4.41. The van der Waals surface area contributed by atoms with E-state index in [-0.39, 0.29) is 18.1 Å². The molecule has 1 aromatic rings. The van der Waals surface area contributed by atoms with Crippen LogP contribution in [-0.4, -0.2) is 35.2 Å². The van der Waals surface area contributed by atoms with Crippen LogP contribution in [0.15, 0.2) is 24.3 Å². The number of urea groups is 1. The van der Waals surface area contributed by atoms with Gasteiger partial charge in [-0.3, -0.25) is 0 Å². The molecular weight excluding hydrogens is 240 g/mol. The first kappa shape index (κ1) is 12.5. The van der Waals surface area contributed by atoms with Crippen LogP contribution in [0.4, 0.5) is 10.5 Å². The molecule has 4 heteroatoms. The van der Waals surface area contributed by atoms with Gasteiger partial charge in [0.25, 0.3) is 0 Å². The van der Waals surface area contributed by atoms with Gasteiger partial charge in [0, 0.05) is 24.7 Å². The number of fused-ring (bicyclic) bond motifs is 1. The minimum Gasteiger partial charge on any atom is -0.393 e. The molecule has 2 aliphatic rings. The van der Waals surface area contributed by atoms with Crippen molar-refractivity contribution >= 4 is 11.7 Å². The summed E-state index contributed by atoms with van der Waals surface area (Å²) in [7, 11) is 0. The molecule has 3 unspecified atom stereocenters. The van der Waals surface area contributed by atoms with E-state index >= 15 is 0 Å². The first-order chi connectivity index (χ1) is 9.13. The molecule has 0 aromatic heterocycles. The Bertz CT molecular complexity index is 472. The van der Waals surface area contributed by atoms with Gasteiger partial charge < -0.3 is 15.3 Å². The van der Waals surface area contributed by atoms with Crippen LogP contribution >= 0.6 is 0 Å². The predicted octanol–water partition coefficient (Wildman–Crippen LogP) is 2.23. The average Bonchev–Trinajstić information content (AvgIpc) is 2.95. The number of aryl methyl sites for hydroxylation is 1. The summed E-state index contributed by atoms with van der Waals surface area (Å²) in [5, 5.41) is 12.8. The number of anilines is 1. The molecule has 0 radical (unpaired) electrons. The molecule has 19 heavy (non-hydrogen) atoms. The number of likely N-dealkylation sites (tertiary alicyclic amines) is 1. The van der Waals surface area contributed by atoms with Crippen LogP contribution in [-0.2, 0) is 0 Å². The molecule has 0 bridgehead atoms. The van der Waals surface area contributed by atoms with Crippen molar-refractivity contribution in [2.75, 3.05) is 18.4 Å². The maximum atomic E-state index is 12.2. The molecule has 1 saturated carbocycles. The number of hydrogen-bond donors (Lipinski definition) is 2. The molecular formula is C15H20N2O2. The standard InChI is InChI=1S/C15H20N2O2/c1-10-2-5-12(6-3-10)16-15(19)17-8-11-4-7-14(18)13(11)9-17/h2-3,5-6,11,13-14,18H,4,7-9H2,1H3,(H,16,19). The van der Waals surface area contributed by atoms with E-state index in [0.29, 0.717) is 12.5 Å².